The largest absolute Gasteiger partial charge is 0.392 e. The molecule has 6 rings (SSSR count). The molecule has 6 saturated carbocycles. The van der Waals surface area contributed by atoms with Crippen molar-refractivity contribution in [3.05, 3.63) is 0 Å². The van der Waals surface area contributed by atoms with Gasteiger partial charge in [0, 0.05) is 5.41 Å². The van der Waals surface area contributed by atoms with Gasteiger partial charge in [0.2, 0.25) is 0 Å². The summed E-state index contributed by atoms with van der Waals surface area (Å²) in [4.78, 5) is 0. The highest BCUT2D eigenvalue weighted by atomic mass is 16.3. The molecule has 0 saturated heterocycles. The molecule has 13 heavy (non-hydrogen) atoms. The summed E-state index contributed by atoms with van der Waals surface area (Å²) in [6.07, 6.45) is 4.53. The van der Waals surface area contributed by atoms with E-state index in [2.05, 4.69) is 0 Å². The van der Waals surface area contributed by atoms with Gasteiger partial charge in [-0.2, -0.15) is 0 Å². The van der Waals surface area contributed by atoms with Gasteiger partial charge in [-0.1, -0.05) is 0 Å². The van der Waals surface area contributed by atoms with Crippen molar-refractivity contribution in [1.29, 1.82) is 0 Å². The van der Waals surface area contributed by atoms with Crippen molar-refractivity contribution in [1.82, 2.24) is 0 Å². The molecule has 0 heterocycles. The van der Waals surface area contributed by atoms with Gasteiger partial charge in [0.05, 0.1) is 6.10 Å². The third-order valence-corrected chi connectivity index (χ3v) is 7.38. The maximum atomic E-state index is 10.3. The molecule has 0 aliphatic heterocycles. The molecule has 0 aromatic rings. The van der Waals surface area contributed by atoms with Gasteiger partial charge in [-0.05, 0) is 60.2 Å². The van der Waals surface area contributed by atoms with Crippen molar-refractivity contribution >= 4 is 0 Å². The number of fused-ring (bicyclic) bond motifs is 3. The number of hydrogen-bond acceptors (Lipinski definition) is 1. The zero-order chi connectivity index (χ0) is 8.16. The van der Waals surface area contributed by atoms with Crippen LogP contribution in [0.15, 0.2) is 0 Å². The highest BCUT2D eigenvalue weighted by molar-refractivity contribution is 5.46. The summed E-state index contributed by atoms with van der Waals surface area (Å²) in [7, 11) is 0. The Morgan fingerprint density at radius 2 is 1.69 bits per heavy atom. The minimum atomic E-state index is 0.153. The molecule has 0 bridgehead atoms. The van der Waals surface area contributed by atoms with Gasteiger partial charge in [0.25, 0.3) is 0 Å². The van der Waals surface area contributed by atoms with Gasteiger partial charge < -0.3 is 5.11 Å². The third kappa shape index (κ3) is 0.281. The van der Waals surface area contributed by atoms with E-state index < -0.39 is 0 Å². The van der Waals surface area contributed by atoms with Gasteiger partial charge in [0.15, 0.2) is 0 Å². The second kappa shape index (κ2) is 1.11. The van der Waals surface area contributed by atoms with E-state index >= 15 is 0 Å². The number of aliphatic hydroxyl groups excluding tert-OH is 1. The van der Waals surface area contributed by atoms with Gasteiger partial charge in [-0.25, -0.2) is 0 Å². The van der Waals surface area contributed by atoms with E-state index in [0.29, 0.717) is 5.41 Å². The first kappa shape index (κ1) is 5.75. The lowest BCUT2D eigenvalue weighted by atomic mass is 9.50. The molecule has 0 aromatic heterocycles. The first-order valence-electron chi connectivity index (χ1n) is 6.01. The Hall–Kier alpha value is -0.0400. The molecule has 6 fully saturated rings. The summed E-state index contributed by atoms with van der Waals surface area (Å²) in [6, 6.07) is 0. The molecule has 1 N–H and O–H groups in total. The lowest BCUT2D eigenvalue weighted by Crippen LogP contribution is -2.54. The topological polar surface area (TPSA) is 20.2 Å². The van der Waals surface area contributed by atoms with Crippen LogP contribution in [0.4, 0.5) is 0 Å². The molecular formula is C12H14O. The fourth-order valence-corrected chi connectivity index (χ4v) is 6.76. The van der Waals surface area contributed by atoms with Crippen LogP contribution in [-0.4, -0.2) is 11.2 Å². The number of hydrogen-bond donors (Lipinski definition) is 1. The Balaban J connectivity index is 1.61. The zero-order valence-corrected chi connectivity index (χ0v) is 7.61. The second-order valence-electron chi connectivity index (χ2n) is 6.79. The van der Waals surface area contributed by atoms with Crippen LogP contribution in [0.25, 0.3) is 0 Å². The molecule has 1 heteroatoms. The van der Waals surface area contributed by atoms with Gasteiger partial charge in [-0.15, -0.1) is 0 Å². The van der Waals surface area contributed by atoms with Gasteiger partial charge in [0.1, 0.15) is 0 Å². The molecule has 6 aliphatic rings. The van der Waals surface area contributed by atoms with Crippen molar-refractivity contribution in [2.75, 3.05) is 0 Å². The van der Waals surface area contributed by atoms with Crippen LogP contribution in [0.3, 0.4) is 0 Å². The minimum Gasteiger partial charge on any atom is -0.392 e. The predicted octanol–water partition coefficient (Wildman–Crippen LogP) is 1.27. The summed E-state index contributed by atoms with van der Waals surface area (Å²) in [5.41, 5.74) is 1.32. The molecule has 1 nitrogen and oxygen atoms in total. The van der Waals surface area contributed by atoms with Crippen LogP contribution in [0, 0.1) is 46.3 Å². The molecule has 6 aliphatic carbocycles. The Kier molecular flexibility index (Phi) is 0.491. The molecule has 0 aromatic carbocycles. The first-order valence-corrected chi connectivity index (χ1v) is 6.01. The summed E-state index contributed by atoms with van der Waals surface area (Å²) in [5, 5.41) is 10.3. The quantitative estimate of drug-likeness (QED) is 0.586. The van der Waals surface area contributed by atoms with Crippen LogP contribution in [-0.2, 0) is 0 Å². The molecule has 0 amide bonds. The Labute approximate surface area is 77.5 Å². The van der Waals surface area contributed by atoms with E-state index in [0.717, 1.165) is 40.9 Å². The van der Waals surface area contributed by atoms with Gasteiger partial charge in [-0.3, -0.25) is 0 Å². The molecule has 9 unspecified atom stereocenters. The summed E-state index contributed by atoms with van der Waals surface area (Å²) < 4.78 is 0. The molecule has 9 atom stereocenters. The van der Waals surface area contributed by atoms with Crippen LogP contribution < -0.4 is 0 Å². The normalized spacial score (nSPS) is 93.5. The maximum Gasteiger partial charge on any atom is 0.0636 e. The van der Waals surface area contributed by atoms with Crippen molar-refractivity contribution in [2.24, 2.45) is 46.3 Å². The minimum absolute atomic E-state index is 0.153. The predicted molar refractivity (Wildman–Crippen MR) is 45.7 cm³/mol. The van der Waals surface area contributed by atoms with E-state index in [-0.39, 0.29) is 6.10 Å². The summed E-state index contributed by atoms with van der Waals surface area (Å²) in [5.74, 6) is 6.15. The van der Waals surface area contributed by atoms with E-state index in [1.165, 1.54) is 12.8 Å². The van der Waals surface area contributed by atoms with Crippen molar-refractivity contribution in [2.45, 2.75) is 25.4 Å². The van der Waals surface area contributed by atoms with Crippen LogP contribution in [0.2, 0.25) is 0 Å². The maximum absolute atomic E-state index is 10.3. The highest BCUT2D eigenvalue weighted by Crippen LogP contribution is 3.01. The Morgan fingerprint density at radius 3 is 2.38 bits per heavy atom. The van der Waals surface area contributed by atoms with Crippen LogP contribution >= 0.6 is 0 Å². The SMILES string of the molecule is OC1C2CC3C4CC(C5C6CC165)C234. The molecule has 0 radical (unpaired) electrons. The van der Waals surface area contributed by atoms with Crippen molar-refractivity contribution in [3.8, 4) is 0 Å². The molecule has 2 spiro atoms. The Morgan fingerprint density at radius 1 is 0.923 bits per heavy atom. The lowest BCUT2D eigenvalue weighted by molar-refractivity contribution is -0.131. The number of aliphatic hydroxyl groups is 1. The monoisotopic (exact) mass is 174 g/mol. The van der Waals surface area contributed by atoms with Crippen LogP contribution in [0.5, 0.6) is 0 Å². The zero-order valence-electron chi connectivity index (χ0n) is 7.61. The van der Waals surface area contributed by atoms with E-state index in [4.69, 9.17) is 0 Å². The summed E-state index contributed by atoms with van der Waals surface area (Å²) in [6.45, 7) is 0. The van der Waals surface area contributed by atoms with E-state index in [1.807, 2.05) is 0 Å². The fourth-order valence-electron chi connectivity index (χ4n) is 6.76. The average molecular weight is 174 g/mol. The fraction of sp³-hybridized carbons (Fsp3) is 1.00. The average Bonchev–Trinajstić information content (AvgIpc) is 2.86. The lowest BCUT2D eigenvalue weighted by Gasteiger charge is -2.55. The highest BCUT2D eigenvalue weighted by Gasteiger charge is 2.98. The van der Waals surface area contributed by atoms with Crippen LogP contribution in [0.1, 0.15) is 19.3 Å². The van der Waals surface area contributed by atoms with Gasteiger partial charge >= 0.3 is 0 Å². The smallest absolute Gasteiger partial charge is 0.0636 e. The number of rotatable bonds is 0. The standard InChI is InChI=1S/C12H14O/c13-10-7-2-5-4-1-6(12(4,5)7)9-8-3-11(8,9)10/h4-10,13H,1-3H2. The van der Waals surface area contributed by atoms with Crippen molar-refractivity contribution < 1.29 is 5.11 Å². The van der Waals surface area contributed by atoms with Crippen molar-refractivity contribution in [3.63, 3.8) is 0 Å². The first-order chi connectivity index (χ1) is 6.33. The van der Waals surface area contributed by atoms with E-state index in [1.54, 1.807) is 6.42 Å². The third-order valence-electron chi connectivity index (χ3n) is 7.38. The molecular weight excluding hydrogens is 160 g/mol. The molecule has 68 valence electrons. The van der Waals surface area contributed by atoms with E-state index in [9.17, 15) is 5.11 Å². The second-order valence-corrected chi connectivity index (χ2v) is 6.79. The summed E-state index contributed by atoms with van der Waals surface area (Å²) >= 11 is 0. The Bertz CT molecular complexity index is 371.